The number of carbonyl (C=O) groups is 1. The summed E-state index contributed by atoms with van der Waals surface area (Å²) in [4.78, 5) is 16.5. The number of rotatable bonds is 5. The van der Waals surface area contributed by atoms with Gasteiger partial charge in [0, 0.05) is 17.3 Å². The van der Waals surface area contributed by atoms with Crippen molar-refractivity contribution in [3.8, 4) is 0 Å². The lowest BCUT2D eigenvalue weighted by molar-refractivity contribution is 0.0345. The number of hydrogen-bond donors (Lipinski definition) is 3. The number of benzene rings is 1. The number of nitrogens with zero attached hydrogens (tertiary/aromatic N) is 1. The van der Waals surface area contributed by atoms with Crippen LogP contribution in [-0.2, 0) is 11.2 Å². The fraction of sp³-hybridized carbons (Fsp3) is 0.300. The summed E-state index contributed by atoms with van der Waals surface area (Å²) in [7, 11) is 0. The van der Waals surface area contributed by atoms with Crippen molar-refractivity contribution in [1.82, 2.24) is 10.5 Å². The Kier molecular flexibility index (Phi) is 4.55. The second-order valence-electron chi connectivity index (χ2n) is 6.89. The molecule has 0 aliphatic heterocycles. The number of hydrogen-bond acceptors (Lipinski definition) is 7. The van der Waals surface area contributed by atoms with Gasteiger partial charge < -0.3 is 19.7 Å². The number of hydroxylamine groups is 1. The van der Waals surface area contributed by atoms with Crippen molar-refractivity contribution in [2.75, 3.05) is 5.32 Å². The fourth-order valence-electron chi connectivity index (χ4n) is 3.46. The summed E-state index contributed by atoms with van der Waals surface area (Å²) in [5.74, 6) is -0.392. The molecule has 3 aromatic rings. The van der Waals surface area contributed by atoms with Gasteiger partial charge in [0.25, 0.3) is 0 Å². The molecule has 0 bridgehead atoms. The Bertz CT molecular complexity index is 996. The van der Waals surface area contributed by atoms with Crippen molar-refractivity contribution >= 4 is 28.3 Å². The third-order valence-corrected chi connectivity index (χ3v) is 4.67. The van der Waals surface area contributed by atoms with Gasteiger partial charge in [0.15, 0.2) is 5.58 Å². The predicted molar refractivity (Wildman–Crippen MR) is 100 cm³/mol. The number of carbonyl (C=O) groups excluding carboxylic acids is 1. The second-order valence-corrected chi connectivity index (χ2v) is 6.89. The third-order valence-electron chi connectivity index (χ3n) is 4.67. The Balaban J connectivity index is 1.72. The van der Waals surface area contributed by atoms with E-state index in [9.17, 15) is 10.0 Å². The largest absolute Gasteiger partial charge is 0.457 e. The average molecular weight is 367 g/mol. The molecule has 2 heterocycles. The Labute approximate surface area is 156 Å². The maximum absolute atomic E-state index is 12.5. The molecule has 0 saturated heterocycles. The maximum Gasteiger partial charge on any atom is 0.376 e. The van der Waals surface area contributed by atoms with E-state index in [-0.39, 0.29) is 17.9 Å². The zero-order valence-corrected chi connectivity index (χ0v) is 15.2. The van der Waals surface area contributed by atoms with Crippen molar-refractivity contribution in [2.45, 2.75) is 38.8 Å². The van der Waals surface area contributed by atoms with Crippen LogP contribution in [0.5, 0.6) is 0 Å². The Hall–Kier alpha value is -2.90. The first-order chi connectivity index (χ1) is 13.1. The molecule has 0 amide bonds. The van der Waals surface area contributed by atoms with Crippen molar-refractivity contribution in [3.63, 3.8) is 0 Å². The summed E-state index contributed by atoms with van der Waals surface area (Å²) in [6.07, 6.45) is 4.70. The first kappa shape index (κ1) is 17.5. The number of anilines is 2. The molecule has 1 aliphatic carbocycles. The van der Waals surface area contributed by atoms with Crippen molar-refractivity contribution in [1.29, 1.82) is 0 Å². The molecule has 3 N–H and O–H groups in total. The lowest BCUT2D eigenvalue weighted by atomic mass is 10.1. The minimum absolute atomic E-state index is 0.0357. The van der Waals surface area contributed by atoms with Crippen LogP contribution in [0.2, 0.25) is 0 Å². The molecule has 1 aliphatic rings. The molecule has 0 spiro atoms. The number of fused-ring (bicyclic) bond motifs is 2. The van der Waals surface area contributed by atoms with E-state index in [1.54, 1.807) is 32.3 Å². The minimum Gasteiger partial charge on any atom is -0.457 e. The Morgan fingerprint density at radius 3 is 3.00 bits per heavy atom. The number of furan rings is 1. The van der Waals surface area contributed by atoms with Gasteiger partial charge in [-0.1, -0.05) is 6.07 Å². The Morgan fingerprint density at radius 1 is 1.37 bits per heavy atom. The molecule has 7 nitrogen and oxygen atoms in total. The highest BCUT2D eigenvalue weighted by Crippen LogP contribution is 2.36. The maximum atomic E-state index is 12.5. The van der Waals surface area contributed by atoms with Crippen molar-refractivity contribution in [3.05, 3.63) is 53.5 Å². The number of aromatic nitrogens is 1. The van der Waals surface area contributed by atoms with E-state index < -0.39 is 5.97 Å². The first-order valence-electron chi connectivity index (χ1n) is 8.93. The van der Waals surface area contributed by atoms with Crippen LogP contribution in [0.25, 0.3) is 11.0 Å². The summed E-state index contributed by atoms with van der Waals surface area (Å²) in [6.45, 7) is 3.59. The standard InChI is InChI=1S/C20H21N3O4/c1-11(2)26-20(24)19-18(15-7-8-21-10-17(15)27-19)22-13-4-5-14-12(9-13)3-6-16(14)23-25/h4-5,7-11,16,22-23,25H,3,6H2,1-2H3. The molecule has 1 aromatic carbocycles. The van der Waals surface area contributed by atoms with E-state index in [1.807, 2.05) is 18.2 Å². The first-order valence-corrected chi connectivity index (χ1v) is 8.93. The lowest BCUT2D eigenvalue weighted by Gasteiger charge is -2.12. The highest BCUT2D eigenvalue weighted by Gasteiger charge is 2.25. The summed E-state index contributed by atoms with van der Waals surface area (Å²) < 4.78 is 11.0. The molecular weight excluding hydrogens is 346 g/mol. The van der Waals surface area contributed by atoms with Gasteiger partial charge in [0.1, 0.15) is 5.69 Å². The van der Waals surface area contributed by atoms with Crippen LogP contribution in [0.3, 0.4) is 0 Å². The van der Waals surface area contributed by atoms with E-state index in [1.165, 1.54) is 0 Å². The van der Waals surface area contributed by atoms with Crippen LogP contribution in [0.15, 0.2) is 41.1 Å². The Morgan fingerprint density at radius 2 is 2.22 bits per heavy atom. The number of ether oxygens (including phenoxy) is 1. The van der Waals surface area contributed by atoms with Crippen LogP contribution in [0.1, 0.15) is 48.0 Å². The van der Waals surface area contributed by atoms with Crippen LogP contribution in [0.4, 0.5) is 11.4 Å². The molecule has 1 unspecified atom stereocenters. The highest BCUT2D eigenvalue weighted by molar-refractivity contribution is 6.05. The van der Waals surface area contributed by atoms with Gasteiger partial charge in [-0.2, -0.15) is 5.48 Å². The van der Waals surface area contributed by atoms with Gasteiger partial charge >= 0.3 is 5.97 Å². The van der Waals surface area contributed by atoms with Crippen LogP contribution < -0.4 is 10.8 Å². The van der Waals surface area contributed by atoms with Gasteiger partial charge in [-0.15, -0.1) is 0 Å². The summed E-state index contributed by atoms with van der Waals surface area (Å²) >= 11 is 0. The van der Waals surface area contributed by atoms with E-state index >= 15 is 0 Å². The smallest absolute Gasteiger partial charge is 0.376 e. The number of nitrogens with one attached hydrogen (secondary N) is 2. The molecule has 2 aromatic heterocycles. The van der Waals surface area contributed by atoms with Crippen molar-refractivity contribution in [2.24, 2.45) is 0 Å². The second kappa shape index (κ2) is 7.02. The van der Waals surface area contributed by atoms with Crippen molar-refractivity contribution < 1.29 is 19.2 Å². The van der Waals surface area contributed by atoms with E-state index in [0.29, 0.717) is 11.3 Å². The SMILES string of the molecule is CC(C)OC(=O)c1oc2cnccc2c1Nc1ccc2c(c1)CCC2NO. The highest BCUT2D eigenvalue weighted by atomic mass is 16.6. The van der Waals surface area contributed by atoms with Gasteiger partial charge in [-0.3, -0.25) is 4.98 Å². The van der Waals surface area contributed by atoms with Gasteiger partial charge in [-0.05, 0) is 56.0 Å². The quantitative estimate of drug-likeness (QED) is 0.461. The van der Waals surface area contributed by atoms with Gasteiger partial charge in [0.2, 0.25) is 5.76 Å². The van der Waals surface area contributed by atoms with E-state index in [4.69, 9.17) is 9.15 Å². The zero-order valence-electron chi connectivity index (χ0n) is 15.2. The summed E-state index contributed by atoms with van der Waals surface area (Å²) in [6, 6.07) is 7.70. The number of aryl methyl sites for hydroxylation is 1. The van der Waals surface area contributed by atoms with Crippen LogP contribution in [0, 0.1) is 0 Å². The molecule has 1 atom stereocenters. The average Bonchev–Trinajstić information content (AvgIpc) is 3.22. The fourth-order valence-corrected chi connectivity index (χ4v) is 3.46. The normalized spacial score (nSPS) is 15.9. The van der Waals surface area contributed by atoms with Crippen LogP contribution >= 0.6 is 0 Å². The molecular formula is C20H21N3O4. The monoisotopic (exact) mass is 367 g/mol. The molecule has 7 heteroatoms. The van der Waals surface area contributed by atoms with Gasteiger partial charge in [-0.25, -0.2) is 4.79 Å². The summed E-state index contributed by atoms with van der Waals surface area (Å²) in [5.41, 5.74) is 6.51. The van der Waals surface area contributed by atoms with Crippen LogP contribution in [-0.4, -0.2) is 22.3 Å². The molecule has 0 radical (unpaired) electrons. The zero-order chi connectivity index (χ0) is 19.0. The third kappa shape index (κ3) is 3.27. The van der Waals surface area contributed by atoms with E-state index in [2.05, 4.69) is 15.8 Å². The number of esters is 1. The minimum atomic E-state index is -0.519. The summed E-state index contributed by atoms with van der Waals surface area (Å²) in [5, 5.41) is 13.3. The molecule has 140 valence electrons. The molecule has 4 rings (SSSR count). The topological polar surface area (TPSA) is 96.6 Å². The predicted octanol–water partition coefficient (Wildman–Crippen LogP) is 4.10. The molecule has 27 heavy (non-hydrogen) atoms. The lowest BCUT2D eigenvalue weighted by Crippen LogP contribution is -2.13. The van der Waals surface area contributed by atoms with Gasteiger partial charge in [0.05, 0.1) is 18.3 Å². The molecule has 0 saturated carbocycles. The van der Waals surface area contributed by atoms with E-state index in [0.717, 1.165) is 35.0 Å². The molecule has 0 fully saturated rings. The number of pyridine rings is 1.